The Balaban J connectivity index is 1.48. The van der Waals surface area contributed by atoms with Crippen molar-refractivity contribution in [1.82, 2.24) is 10.6 Å². The molecule has 1 atom stereocenters. The Morgan fingerprint density at radius 3 is 2.62 bits per heavy atom. The number of thiophene rings is 1. The lowest BCUT2D eigenvalue weighted by Gasteiger charge is -2.43. The van der Waals surface area contributed by atoms with Crippen LogP contribution in [0.25, 0.3) is 0 Å². The fourth-order valence-electron chi connectivity index (χ4n) is 4.17. The molecule has 156 valence electrons. The lowest BCUT2D eigenvalue weighted by Crippen LogP contribution is -2.46. The predicted octanol–water partition coefficient (Wildman–Crippen LogP) is 2.62. The van der Waals surface area contributed by atoms with Crippen LogP contribution in [0.2, 0.25) is 0 Å². The number of benzene rings is 1. The summed E-state index contributed by atoms with van der Waals surface area (Å²) in [5.74, 6) is -0.103. The van der Waals surface area contributed by atoms with E-state index in [9.17, 15) is 13.2 Å². The molecule has 1 spiro atoms. The third kappa shape index (κ3) is 4.26. The molecular weight excluding hydrogens is 408 g/mol. The highest BCUT2D eigenvalue weighted by molar-refractivity contribution is 7.90. The molecule has 1 saturated heterocycles. The highest BCUT2D eigenvalue weighted by Gasteiger charge is 2.43. The quantitative estimate of drug-likeness (QED) is 0.773. The third-order valence-corrected chi connectivity index (χ3v) is 8.09. The van der Waals surface area contributed by atoms with Gasteiger partial charge in [-0.3, -0.25) is 4.79 Å². The summed E-state index contributed by atoms with van der Waals surface area (Å²) >= 11 is 1.55. The van der Waals surface area contributed by atoms with Gasteiger partial charge in [0.2, 0.25) is 0 Å². The number of hydrogen-bond donors (Lipinski definition) is 2. The molecule has 2 N–H and O–H groups in total. The van der Waals surface area contributed by atoms with E-state index in [-0.39, 0.29) is 22.5 Å². The average Bonchev–Trinajstić information content (AvgIpc) is 3.11. The van der Waals surface area contributed by atoms with Gasteiger partial charge in [0.25, 0.3) is 5.91 Å². The van der Waals surface area contributed by atoms with Crippen LogP contribution in [0.3, 0.4) is 0 Å². The number of carbonyl (C=O) groups excluding carboxylic acids is 1. The largest absolute Gasteiger partial charge is 0.366 e. The van der Waals surface area contributed by atoms with Crippen LogP contribution in [0.1, 0.15) is 45.4 Å². The maximum atomic E-state index is 12.8. The van der Waals surface area contributed by atoms with Gasteiger partial charge in [0.05, 0.1) is 15.9 Å². The molecule has 8 heteroatoms. The van der Waals surface area contributed by atoms with Crippen molar-refractivity contribution in [3.8, 4) is 0 Å². The topological polar surface area (TPSA) is 84.5 Å². The highest BCUT2D eigenvalue weighted by atomic mass is 32.2. The lowest BCUT2D eigenvalue weighted by molar-refractivity contribution is -0.117. The summed E-state index contributed by atoms with van der Waals surface area (Å²) in [6.45, 7) is 4.31. The molecule has 4 rings (SSSR count). The van der Waals surface area contributed by atoms with Crippen molar-refractivity contribution in [2.45, 2.75) is 49.3 Å². The van der Waals surface area contributed by atoms with Crippen molar-refractivity contribution < 1.29 is 17.9 Å². The van der Waals surface area contributed by atoms with Crippen LogP contribution in [0.5, 0.6) is 0 Å². The number of nitrogens with one attached hydrogen (secondary N) is 2. The Kier molecular flexibility index (Phi) is 5.54. The lowest BCUT2D eigenvalue weighted by atomic mass is 9.84. The summed E-state index contributed by atoms with van der Waals surface area (Å²) in [5, 5.41) is 6.34. The maximum Gasteiger partial charge on any atom is 0.261 e. The number of carbonyl (C=O) groups is 1. The summed E-state index contributed by atoms with van der Waals surface area (Å²) in [4.78, 5) is 15.0. The number of amides is 1. The van der Waals surface area contributed by atoms with Crippen molar-refractivity contribution in [1.29, 1.82) is 0 Å². The Morgan fingerprint density at radius 2 is 1.97 bits per heavy atom. The van der Waals surface area contributed by atoms with Gasteiger partial charge < -0.3 is 15.4 Å². The van der Waals surface area contributed by atoms with Gasteiger partial charge in [0.1, 0.15) is 5.60 Å². The minimum atomic E-state index is -3.22. The molecule has 3 heterocycles. The predicted molar refractivity (Wildman–Crippen MR) is 113 cm³/mol. The van der Waals surface area contributed by atoms with Crippen LogP contribution in [0, 0.1) is 0 Å². The molecule has 2 aliphatic rings. The standard InChI is InChI=1S/C21H26N2O4S2/c1-14-11-16-12-18(28-19(16)21(27-14)7-9-22-10-8-21)20(24)23-13-15-3-5-17(6-4-15)29(2,25)26/h3-6,12,14,22H,7-11,13H2,1-2H3,(H,23,24)/t14-/m0/s1. The first-order valence-corrected chi connectivity index (χ1v) is 12.6. The van der Waals surface area contributed by atoms with Gasteiger partial charge >= 0.3 is 0 Å². The smallest absolute Gasteiger partial charge is 0.261 e. The zero-order valence-electron chi connectivity index (χ0n) is 16.7. The Morgan fingerprint density at radius 1 is 1.28 bits per heavy atom. The molecule has 1 fully saturated rings. The van der Waals surface area contributed by atoms with Crippen molar-refractivity contribution in [2.24, 2.45) is 0 Å². The second-order valence-electron chi connectivity index (χ2n) is 7.94. The van der Waals surface area contributed by atoms with E-state index < -0.39 is 9.84 Å². The molecule has 0 bridgehead atoms. The first kappa shape index (κ1) is 20.5. The first-order valence-electron chi connectivity index (χ1n) is 9.86. The molecule has 6 nitrogen and oxygen atoms in total. The third-order valence-electron chi connectivity index (χ3n) is 5.60. The molecule has 0 radical (unpaired) electrons. The van der Waals surface area contributed by atoms with Crippen LogP contribution in [0.4, 0.5) is 0 Å². The zero-order chi connectivity index (χ0) is 20.6. The summed E-state index contributed by atoms with van der Waals surface area (Å²) in [7, 11) is -3.22. The molecule has 2 aliphatic heterocycles. The van der Waals surface area contributed by atoms with Crippen LogP contribution < -0.4 is 10.6 Å². The monoisotopic (exact) mass is 434 g/mol. The van der Waals surface area contributed by atoms with Gasteiger partial charge in [-0.05, 0) is 68.6 Å². The number of fused-ring (bicyclic) bond motifs is 2. The van der Waals surface area contributed by atoms with Crippen LogP contribution in [-0.2, 0) is 33.1 Å². The molecule has 1 aromatic heterocycles. The van der Waals surface area contributed by atoms with E-state index in [1.54, 1.807) is 35.6 Å². The van der Waals surface area contributed by atoms with Gasteiger partial charge in [-0.25, -0.2) is 8.42 Å². The van der Waals surface area contributed by atoms with Crippen LogP contribution in [-0.4, -0.2) is 39.8 Å². The Labute approximate surface area is 175 Å². The number of rotatable bonds is 4. The van der Waals surface area contributed by atoms with Gasteiger partial charge in [0.15, 0.2) is 9.84 Å². The van der Waals surface area contributed by atoms with Gasteiger partial charge in [0, 0.05) is 17.7 Å². The molecule has 1 aromatic carbocycles. The van der Waals surface area contributed by atoms with E-state index in [2.05, 4.69) is 17.6 Å². The van der Waals surface area contributed by atoms with Crippen molar-refractivity contribution in [3.63, 3.8) is 0 Å². The van der Waals surface area contributed by atoms with E-state index >= 15 is 0 Å². The van der Waals surface area contributed by atoms with E-state index in [1.165, 1.54) is 16.7 Å². The minimum Gasteiger partial charge on any atom is -0.366 e. The van der Waals surface area contributed by atoms with Gasteiger partial charge in [-0.2, -0.15) is 0 Å². The molecular formula is C21H26N2O4S2. The molecule has 2 aromatic rings. The zero-order valence-corrected chi connectivity index (χ0v) is 18.3. The second-order valence-corrected chi connectivity index (χ2v) is 11.0. The fourth-order valence-corrected chi connectivity index (χ4v) is 6.10. The Bertz CT molecular complexity index is 1010. The first-order chi connectivity index (χ1) is 13.8. The fraction of sp³-hybridized carbons (Fsp3) is 0.476. The van der Waals surface area contributed by atoms with Gasteiger partial charge in [-0.15, -0.1) is 11.3 Å². The Hall–Kier alpha value is -1.74. The molecule has 0 aliphatic carbocycles. The number of ether oxygens (including phenoxy) is 1. The van der Waals surface area contributed by atoms with Crippen molar-refractivity contribution >= 4 is 27.1 Å². The normalized spacial score (nSPS) is 21.0. The van der Waals surface area contributed by atoms with E-state index in [4.69, 9.17) is 4.74 Å². The van der Waals surface area contributed by atoms with Gasteiger partial charge in [-0.1, -0.05) is 12.1 Å². The minimum absolute atomic E-state index is 0.103. The van der Waals surface area contributed by atoms with Crippen LogP contribution in [0.15, 0.2) is 35.2 Å². The van der Waals surface area contributed by atoms with Crippen LogP contribution >= 0.6 is 11.3 Å². The van der Waals surface area contributed by atoms with E-state index in [0.29, 0.717) is 11.4 Å². The highest BCUT2D eigenvalue weighted by Crippen LogP contribution is 2.46. The number of piperidine rings is 1. The maximum absolute atomic E-state index is 12.8. The molecule has 29 heavy (non-hydrogen) atoms. The SMILES string of the molecule is C[C@H]1Cc2cc(C(=O)NCc3ccc(S(C)(=O)=O)cc3)sc2C2(CCNCC2)O1. The van der Waals surface area contributed by atoms with Crippen molar-refractivity contribution in [3.05, 3.63) is 51.2 Å². The summed E-state index contributed by atoms with van der Waals surface area (Å²) in [6, 6.07) is 8.62. The summed E-state index contributed by atoms with van der Waals surface area (Å²) in [6.07, 6.45) is 4.03. The second kappa shape index (κ2) is 7.83. The van der Waals surface area contributed by atoms with E-state index in [1.807, 2.05) is 6.07 Å². The molecule has 1 amide bonds. The summed E-state index contributed by atoms with van der Waals surface area (Å²) < 4.78 is 29.5. The number of sulfone groups is 1. The number of hydrogen-bond acceptors (Lipinski definition) is 6. The molecule has 0 unspecified atom stereocenters. The average molecular weight is 435 g/mol. The summed E-state index contributed by atoms with van der Waals surface area (Å²) in [5.41, 5.74) is 1.83. The van der Waals surface area contributed by atoms with E-state index in [0.717, 1.165) is 37.9 Å². The van der Waals surface area contributed by atoms with Crippen molar-refractivity contribution in [2.75, 3.05) is 19.3 Å². The molecule has 0 saturated carbocycles.